The summed E-state index contributed by atoms with van der Waals surface area (Å²) in [4.78, 5) is 2.41. The Balaban J connectivity index is 0.986. The molecule has 340 valence electrons. The quantitative estimate of drug-likeness (QED) is 0.140. The fourth-order valence-corrected chi connectivity index (χ4v) is 11.2. The first-order chi connectivity index (χ1) is 33.2. The van der Waals surface area contributed by atoms with E-state index < -0.39 is 0 Å². The van der Waals surface area contributed by atoms with Crippen LogP contribution in [0.4, 0.5) is 17.1 Å². The average Bonchev–Trinajstić information content (AvgIpc) is 3.80. The predicted molar refractivity (Wildman–Crippen MR) is 296 cm³/mol. The molecule has 2 nitrogen and oxygen atoms in total. The first kappa shape index (κ1) is 44.1. The van der Waals surface area contributed by atoms with Crippen molar-refractivity contribution in [1.29, 1.82) is 0 Å². The molecular formula is C67H62N2. The maximum absolute atomic E-state index is 2.42. The summed E-state index contributed by atoms with van der Waals surface area (Å²) in [5, 5.41) is 2.50. The summed E-state index contributed by atoms with van der Waals surface area (Å²) in [6.07, 6.45) is 1.15. The monoisotopic (exact) mass is 894 g/mol. The van der Waals surface area contributed by atoms with Gasteiger partial charge in [-0.1, -0.05) is 195 Å². The minimum absolute atomic E-state index is 0.107. The van der Waals surface area contributed by atoms with Crippen molar-refractivity contribution >= 4 is 38.9 Å². The Morgan fingerprint density at radius 1 is 0.420 bits per heavy atom. The first-order valence-electron chi connectivity index (χ1n) is 24.8. The lowest BCUT2D eigenvalue weighted by atomic mass is 9.69. The van der Waals surface area contributed by atoms with Crippen molar-refractivity contribution in [1.82, 2.24) is 4.57 Å². The fourth-order valence-electron chi connectivity index (χ4n) is 11.2. The molecule has 10 aromatic rings. The highest BCUT2D eigenvalue weighted by Gasteiger charge is 2.36. The predicted octanol–water partition coefficient (Wildman–Crippen LogP) is 19.1. The van der Waals surface area contributed by atoms with Crippen LogP contribution < -0.4 is 4.90 Å². The summed E-state index contributed by atoms with van der Waals surface area (Å²) in [6, 6.07) is 79.0. The molecule has 0 N–H and O–H groups in total. The summed E-state index contributed by atoms with van der Waals surface area (Å²) < 4.78 is 2.42. The maximum Gasteiger partial charge on any atom is 0.0541 e. The molecule has 1 aliphatic carbocycles. The van der Waals surface area contributed by atoms with Crippen molar-refractivity contribution in [3.8, 4) is 50.2 Å². The number of anilines is 3. The zero-order chi connectivity index (χ0) is 47.7. The lowest BCUT2D eigenvalue weighted by Crippen LogP contribution is -2.23. The minimum atomic E-state index is -0.107. The van der Waals surface area contributed by atoms with Gasteiger partial charge in [0.05, 0.1) is 11.0 Å². The van der Waals surface area contributed by atoms with Gasteiger partial charge in [-0.2, -0.15) is 0 Å². The maximum atomic E-state index is 2.42. The number of hydrogen-bond acceptors (Lipinski definition) is 1. The Kier molecular flexibility index (Phi) is 10.8. The van der Waals surface area contributed by atoms with E-state index in [1.807, 2.05) is 0 Å². The second-order valence-corrected chi connectivity index (χ2v) is 22.1. The molecule has 69 heavy (non-hydrogen) atoms. The minimum Gasteiger partial charge on any atom is -0.310 e. The van der Waals surface area contributed by atoms with Crippen molar-refractivity contribution in [3.63, 3.8) is 0 Å². The van der Waals surface area contributed by atoms with E-state index >= 15 is 0 Å². The van der Waals surface area contributed by atoms with Gasteiger partial charge in [0.15, 0.2) is 0 Å². The summed E-state index contributed by atoms with van der Waals surface area (Å²) in [5.74, 6) is 0.477. The molecule has 0 aliphatic heterocycles. The van der Waals surface area contributed by atoms with E-state index in [4.69, 9.17) is 0 Å². The Labute approximate surface area is 409 Å². The van der Waals surface area contributed by atoms with Crippen molar-refractivity contribution < 1.29 is 0 Å². The van der Waals surface area contributed by atoms with Gasteiger partial charge in [-0.25, -0.2) is 0 Å². The van der Waals surface area contributed by atoms with E-state index in [0.717, 1.165) is 29.2 Å². The van der Waals surface area contributed by atoms with Gasteiger partial charge in [-0.15, -0.1) is 0 Å². The van der Waals surface area contributed by atoms with Crippen LogP contribution in [-0.4, -0.2) is 4.57 Å². The van der Waals surface area contributed by atoms with Crippen LogP contribution in [0.5, 0.6) is 0 Å². The van der Waals surface area contributed by atoms with Crippen LogP contribution >= 0.6 is 0 Å². The first-order valence-corrected chi connectivity index (χ1v) is 24.8. The average molecular weight is 895 g/mol. The van der Waals surface area contributed by atoms with Crippen LogP contribution in [0, 0.1) is 10.8 Å². The number of rotatable bonds is 9. The number of para-hydroxylation sites is 1. The summed E-state index contributed by atoms with van der Waals surface area (Å²) in [7, 11) is 0. The van der Waals surface area contributed by atoms with E-state index in [0.29, 0.717) is 5.92 Å². The Morgan fingerprint density at radius 2 is 0.870 bits per heavy atom. The third-order valence-electron chi connectivity index (χ3n) is 14.8. The van der Waals surface area contributed by atoms with Gasteiger partial charge in [0, 0.05) is 38.9 Å². The highest BCUT2D eigenvalue weighted by molar-refractivity contribution is 6.11. The van der Waals surface area contributed by atoms with Crippen molar-refractivity contribution in [3.05, 3.63) is 229 Å². The molecule has 0 bridgehead atoms. The highest BCUT2D eigenvalue weighted by atomic mass is 15.1. The second kappa shape index (κ2) is 17.0. The van der Waals surface area contributed by atoms with Crippen molar-refractivity contribution in [2.75, 3.05) is 4.90 Å². The standard InChI is InChI=1S/C67H62N2/c1-65(2,3)44-62(66(4,5)6)49-25-23-47(24-26-49)50-31-39-63-58(41-50)59-42-51(32-40-64(59)69(63)52-19-13-10-14-20-52)48-29-35-54(36-30-48)68(53-33-27-46(28-34-53)45-17-11-9-12-18-45)55-37-38-57-56-21-15-16-22-60(56)67(7,8)61(57)43-55/h9-43,62H,44H2,1-8H3. The lowest BCUT2D eigenvalue weighted by Gasteiger charge is -2.36. The number of hydrogen-bond donors (Lipinski definition) is 0. The summed E-state index contributed by atoms with van der Waals surface area (Å²) in [6.45, 7) is 18.9. The van der Waals surface area contributed by atoms with Crippen molar-refractivity contribution in [2.45, 2.75) is 73.1 Å². The molecule has 1 aliphatic rings. The Hall–Kier alpha value is -7.42. The normalized spacial score (nSPS) is 13.6. The van der Waals surface area contributed by atoms with Crippen LogP contribution in [-0.2, 0) is 5.41 Å². The molecule has 9 aromatic carbocycles. The van der Waals surface area contributed by atoms with E-state index in [1.54, 1.807) is 0 Å². The van der Waals surface area contributed by atoms with Crippen LogP contribution in [0.15, 0.2) is 212 Å². The lowest BCUT2D eigenvalue weighted by molar-refractivity contribution is 0.229. The van der Waals surface area contributed by atoms with Gasteiger partial charge in [0.1, 0.15) is 0 Å². The molecule has 0 fully saturated rings. The SMILES string of the molecule is CC(C)(C)CC(c1ccc(-c2ccc3c(c2)c2cc(-c4ccc(N(c5ccc(-c6ccccc6)cc5)c5ccc6c(c5)C(C)(C)c5ccccc5-6)cc4)ccc2n3-c2ccccc2)cc1)C(C)(C)C. The summed E-state index contributed by atoms with van der Waals surface area (Å²) >= 11 is 0. The molecule has 0 saturated carbocycles. The van der Waals surface area contributed by atoms with Gasteiger partial charge in [0.25, 0.3) is 0 Å². The molecule has 0 amide bonds. The number of nitrogens with zero attached hydrogens (tertiary/aromatic N) is 2. The summed E-state index contributed by atoms with van der Waals surface area (Å²) in [5.41, 5.74) is 21.4. The van der Waals surface area contributed by atoms with Gasteiger partial charge >= 0.3 is 0 Å². The number of benzene rings is 9. The molecule has 1 heterocycles. The molecule has 0 spiro atoms. The van der Waals surface area contributed by atoms with E-state index in [1.165, 1.54) is 83.0 Å². The van der Waals surface area contributed by atoms with Crippen LogP contribution in [0.1, 0.15) is 84.4 Å². The smallest absolute Gasteiger partial charge is 0.0541 e. The van der Waals surface area contributed by atoms with E-state index in [2.05, 4.69) is 277 Å². The van der Waals surface area contributed by atoms with E-state index in [-0.39, 0.29) is 16.2 Å². The van der Waals surface area contributed by atoms with Crippen LogP contribution in [0.3, 0.4) is 0 Å². The number of aromatic nitrogens is 1. The molecule has 1 aromatic heterocycles. The molecule has 2 heteroatoms. The fraction of sp³-hybridized carbons (Fsp3) is 0.194. The third kappa shape index (κ3) is 8.16. The molecule has 0 radical (unpaired) electrons. The Bertz CT molecular complexity index is 3470. The van der Waals surface area contributed by atoms with Gasteiger partial charge < -0.3 is 9.47 Å². The van der Waals surface area contributed by atoms with Crippen LogP contribution in [0.25, 0.3) is 72.0 Å². The van der Waals surface area contributed by atoms with Crippen LogP contribution in [0.2, 0.25) is 0 Å². The topological polar surface area (TPSA) is 8.17 Å². The third-order valence-corrected chi connectivity index (χ3v) is 14.8. The van der Waals surface area contributed by atoms with Crippen molar-refractivity contribution in [2.24, 2.45) is 10.8 Å². The van der Waals surface area contributed by atoms with Gasteiger partial charge in [-0.05, 0) is 157 Å². The molecule has 0 saturated heterocycles. The zero-order valence-corrected chi connectivity index (χ0v) is 41.4. The molecule has 11 rings (SSSR count). The molecule has 1 unspecified atom stereocenters. The largest absolute Gasteiger partial charge is 0.310 e. The Morgan fingerprint density at radius 3 is 1.42 bits per heavy atom. The number of fused-ring (bicyclic) bond motifs is 6. The highest BCUT2D eigenvalue weighted by Crippen LogP contribution is 2.51. The van der Waals surface area contributed by atoms with Gasteiger partial charge in [-0.3, -0.25) is 0 Å². The van der Waals surface area contributed by atoms with Gasteiger partial charge in [0.2, 0.25) is 0 Å². The zero-order valence-electron chi connectivity index (χ0n) is 41.4. The second-order valence-electron chi connectivity index (χ2n) is 22.1. The molecule has 1 atom stereocenters. The molecular weight excluding hydrogens is 833 g/mol. The van der Waals surface area contributed by atoms with E-state index in [9.17, 15) is 0 Å².